The van der Waals surface area contributed by atoms with Gasteiger partial charge in [0.1, 0.15) is 0 Å². The number of carbonyl (C=O) groups excluding carboxylic acids is 1. The lowest BCUT2D eigenvalue weighted by Gasteiger charge is -2.26. The maximum Gasteiger partial charge on any atom is 0.241 e. The summed E-state index contributed by atoms with van der Waals surface area (Å²) in [6.45, 7) is 5.63. The van der Waals surface area contributed by atoms with E-state index in [2.05, 4.69) is 5.32 Å². The highest BCUT2D eigenvalue weighted by Gasteiger charge is 2.28. The number of benzene rings is 1. The Hall–Kier alpha value is -0.480. The van der Waals surface area contributed by atoms with E-state index in [0.29, 0.717) is 10.7 Å². The van der Waals surface area contributed by atoms with Crippen LogP contribution in [0.1, 0.15) is 20.8 Å². The molecule has 1 aromatic rings. The number of halogens is 3. The lowest BCUT2D eigenvalue weighted by atomic mass is 9.87. The SMILES string of the molecule is CC(C)(C)C(N)C(=O)Nc1c(Cl)cc(Cl)cc1Cl. The molecule has 1 atom stereocenters. The van der Waals surface area contributed by atoms with Crippen molar-refractivity contribution >= 4 is 46.4 Å². The average Bonchev–Trinajstić information content (AvgIpc) is 2.20. The van der Waals surface area contributed by atoms with E-state index in [0.717, 1.165) is 0 Å². The van der Waals surface area contributed by atoms with Crippen LogP contribution < -0.4 is 11.1 Å². The van der Waals surface area contributed by atoms with Crippen LogP contribution in [0.4, 0.5) is 5.69 Å². The van der Waals surface area contributed by atoms with E-state index in [1.54, 1.807) is 0 Å². The molecule has 3 N–H and O–H groups in total. The lowest BCUT2D eigenvalue weighted by Crippen LogP contribution is -2.45. The molecule has 0 saturated carbocycles. The molecule has 3 nitrogen and oxygen atoms in total. The van der Waals surface area contributed by atoms with Crippen LogP contribution in [0.2, 0.25) is 15.1 Å². The topological polar surface area (TPSA) is 55.1 Å². The van der Waals surface area contributed by atoms with Crippen LogP contribution in [0.3, 0.4) is 0 Å². The molecule has 0 heterocycles. The Morgan fingerprint density at radius 1 is 1.22 bits per heavy atom. The first-order chi connectivity index (χ1) is 8.12. The minimum absolute atomic E-state index is 0.280. The van der Waals surface area contributed by atoms with Gasteiger partial charge in [-0.3, -0.25) is 4.79 Å². The van der Waals surface area contributed by atoms with Crippen molar-refractivity contribution in [2.24, 2.45) is 11.1 Å². The summed E-state index contributed by atoms with van der Waals surface area (Å²) in [4.78, 5) is 12.0. The molecule has 18 heavy (non-hydrogen) atoms. The summed E-state index contributed by atoms with van der Waals surface area (Å²) in [5.74, 6) is -0.339. The van der Waals surface area contributed by atoms with Crippen LogP contribution in [0, 0.1) is 5.41 Å². The largest absolute Gasteiger partial charge is 0.322 e. The molecule has 0 radical (unpaired) electrons. The number of carbonyl (C=O) groups is 1. The summed E-state index contributed by atoms with van der Waals surface area (Å²) in [6, 6.07) is 2.35. The van der Waals surface area contributed by atoms with Gasteiger partial charge in [-0.2, -0.15) is 0 Å². The van der Waals surface area contributed by atoms with E-state index in [9.17, 15) is 4.79 Å². The van der Waals surface area contributed by atoms with Crippen molar-refractivity contribution in [3.8, 4) is 0 Å². The van der Waals surface area contributed by atoms with Crippen molar-refractivity contribution in [3.05, 3.63) is 27.2 Å². The zero-order valence-electron chi connectivity index (χ0n) is 10.4. The second kappa shape index (κ2) is 5.66. The van der Waals surface area contributed by atoms with Gasteiger partial charge >= 0.3 is 0 Å². The highest BCUT2D eigenvalue weighted by Crippen LogP contribution is 2.34. The minimum Gasteiger partial charge on any atom is -0.322 e. The van der Waals surface area contributed by atoms with Crippen LogP contribution >= 0.6 is 34.8 Å². The van der Waals surface area contributed by atoms with Crippen LogP contribution in [-0.2, 0) is 4.79 Å². The lowest BCUT2D eigenvalue weighted by molar-refractivity contribution is -0.119. The van der Waals surface area contributed by atoms with Gasteiger partial charge in [0.15, 0.2) is 0 Å². The Morgan fingerprint density at radius 3 is 2.06 bits per heavy atom. The third-order valence-corrected chi connectivity index (χ3v) is 3.28. The standard InChI is InChI=1S/C12H15Cl3N2O/c1-12(2,3)10(16)11(18)17-9-7(14)4-6(13)5-8(9)15/h4-5,10H,16H2,1-3H3,(H,17,18). The quantitative estimate of drug-likeness (QED) is 0.869. The van der Waals surface area contributed by atoms with Gasteiger partial charge in [-0.1, -0.05) is 55.6 Å². The fourth-order valence-electron chi connectivity index (χ4n) is 1.26. The molecule has 1 aromatic carbocycles. The average molecular weight is 310 g/mol. The Balaban J connectivity index is 2.96. The monoisotopic (exact) mass is 308 g/mol. The summed E-state index contributed by atoms with van der Waals surface area (Å²) in [5, 5.41) is 3.59. The number of hydrogen-bond donors (Lipinski definition) is 2. The number of amides is 1. The van der Waals surface area contributed by atoms with E-state index < -0.39 is 6.04 Å². The molecule has 1 unspecified atom stereocenters. The fraction of sp³-hybridized carbons (Fsp3) is 0.417. The van der Waals surface area contributed by atoms with Crippen LogP contribution in [-0.4, -0.2) is 11.9 Å². The molecular formula is C12H15Cl3N2O. The summed E-state index contributed by atoms with van der Waals surface area (Å²) < 4.78 is 0. The molecule has 1 rings (SSSR count). The first-order valence-corrected chi connectivity index (χ1v) is 6.47. The molecule has 0 aliphatic heterocycles. The zero-order chi connectivity index (χ0) is 14.1. The minimum atomic E-state index is -0.666. The third kappa shape index (κ3) is 3.75. The summed E-state index contributed by atoms with van der Waals surface area (Å²) in [6.07, 6.45) is 0. The van der Waals surface area contributed by atoms with E-state index in [1.165, 1.54) is 12.1 Å². The number of nitrogens with two attached hydrogens (primary N) is 1. The van der Waals surface area contributed by atoms with Gasteiger partial charge in [0.2, 0.25) is 5.91 Å². The number of hydrogen-bond acceptors (Lipinski definition) is 2. The fourth-order valence-corrected chi connectivity index (χ4v) is 2.17. The van der Waals surface area contributed by atoms with E-state index >= 15 is 0 Å². The van der Waals surface area contributed by atoms with E-state index in [-0.39, 0.29) is 21.4 Å². The maximum atomic E-state index is 12.0. The molecule has 1 amide bonds. The summed E-state index contributed by atoms with van der Waals surface area (Å²) in [7, 11) is 0. The van der Waals surface area contributed by atoms with Crippen molar-refractivity contribution in [2.45, 2.75) is 26.8 Å². The van der Waals surface area contributed by atoms with Crippen molar-refractivity contribution in [3.63, 3.8) is 0 Å². The molecule has 0 aromatic heterocycles. The normalized spacial score (nSPS) is 13.3. The Kier molecular flexibility index (Phi) is 4.90. The Labute approximate surface area is 122 Å². The predicted octanol–water partition coefficient (Wildman–Crippen LogP) is 3.96. The Bertz CT molecular complexity index is 446. The third-order valence-electron chi connectivity index (χ3n) is 2.47. The van der Waals surface area contributed by atoms with Gasteiger partial charge in [-0.25, -0.2) is 0 Å². The summed E-state index contributed by atoms with van der Waals surface area (Å²) >= 11 is 17.7. The van der Waals surface area contributed by atoms with Crippen LogP contribution in [0.5, 0.6) is 0 Å². The number of anilines is 1. The molecule has 0 spiro atoms. The highest BCUT2D eigenvalue weighted by atomic mass is 35.5. The van der Waals surface area contributed by atoms with Gasteiger partial charge in [0.05, 0.1) is 21.8 Å². The van der Waals surface area contributed by atoms with Crippen molar-refractivity contribution in [1.29, 1.82) is 0 Å². The predicted molar refractivity (Wildman–Crippen MR) is 77.5 cm³/mol. The Morgan fingerprint density at radius 2 is 1.67 bits per heavy atom. The molecule has 0 aliphatic carbocycles. The zero-order valence-corrected chi connectivity index (χ0v) is 12.6. The second-order valence-electron chi connectivity index (χ2n) is 5.08. The molecule has 100 valence electrons. The molecule has 6 heteroatoms. The van der Waals surface area contributed by atoms with E-state index in [1.807, 2.05) is 20.8 Å². The molecule has 0 saturated heterocycles. The van der Waals surface area contributed by atoms with Gasteiger partial charge in [-0.15, -0.1) is 0 Å². The highest BCUT2D eigenvalue weighted by molar-refractivity contribution is 6.42. The van der Waals surface area contributed by atoms with Crippen molar-refractivity contribution in [2.75, 3.05) is 5.32 Å². The molecule has 0 aliphatic rings. The van der Waals surface area contributed by atoms with Gasteiger partial charge in [0, 0.05) is 5.02 Å². The molecule has 0 fully saturated rings. The van der Waals surface area contributed by atoms with Crippen molar-refractivity contribution in [1.82, 2.24) is 0 Å². The maximum absolute atomic E-state index is 12.0. The van der Waals surface area contributed by atoms with Crippen LogP contribution in [0.15, 0.2) is 12.1 Å². The first kappa shape index (κ1) is 15.6. The van der Waals surface area contributed by atoms with Gasteiger partial charge in [-0.05, 0) is 17.5 Å². The van der Waals surface area contributed by atoms with E-state index in [4.69, 9.17) is 40.5 Å². The summed E-state index contributed by atoms with van der Waals surface area (Å²) in [5.41, 5.74) is 5.82. The first-order valence-electron chi connectivity index (χ1n) is 5.34. The number of rotatable bonds is 2. The van der Waals surface area contributed by atoms with Gasteiger partial charge < -0.3 is 11.1 Å². The smallest absolute Gasteiger partial charge is 0.241 e. The second-order valence-corrected chi connectivity index (χ2v) is 6.33. The van der Waals surface area contributed by atoms with Crippen molar-refractivity contribution < 1.29 is 4.79 Å². The van der Waals surface area contributed by atoms with Crippen LogP contribution in [0.25, 0.3) is 0 Å². The molecular weight excluding hydrogens is 295 g/mol. The van der Waals surface area contributed by atoms with Gasteiger partial charge in [0.25, 0.3) is 0 Å². The number of nitrogens with one attached hydrogen (secondary N) is 1. The molecule has 0 bridgehead atoms.